The molecule has 0 saturated carbocycles. The van der Waals surface area contributed by atoms with E-state index in [1.165, 1.54) is 12.1 Å². The first-order valence-corrected chi connectivity index (χ1v) is 3.66. The zero-order chi connectivity index (χ0) is 10.1. The summed E-state index contributed by atoms with van der Waals surface area (Å²) in [6.07, 6.45) is -1.01. The van der Waals surface area contributed by atoms with Crippen molar-refractivity contribution in [2.24, 2.45) is 0 Å². The Morgan fingerprint density at radius 2 is 2.14 bits per heavy atom. The van der Waals surface area contributed by atoms with Crippen LogP contribution in [-0.4, -0.2) is 11.6 Å². The summed E-state index contributed by atoms with van der Waals surface area (Å²) in [5.41, 5.74) is 0.324. The quantitative estimate of drug-likeness (QED) is 0.752. The molecular weight excluding hydrogens is 199 g/mol. The van der Waals surface area contributed by atoms with Crippen LogP contribution in [0.1, 0.15) is 0 Å². The van der Waals surface area contributed by atoms with Crippen LogP contribution in [-0.2, 0) is 0 Å². The Morgan fingerprint density at radius 1 is 1.36 bits per heavy atom. The van der Waals surface area contributed by atoms with E-state index in [4.69, 9.17) is 0 Å². The van der Waals surface area contributed by atoms with E-state index in [-0.39, 0.29) is 16.8 Å². The second-order valence-electron chi connectivity index (χ2n) is 2.47. The van der Waals surface area contributed by atoms with Crippen molar-refractivity contribution in [3.8, 4) is 5.75 Å². The van der Waals surface area contributed by atoms with Crippen LogP contribution in [0.3, 0.4) is 0 Å². The van der Waals surface area contributed by atoms with E-state index >= 15 is 0 Å². The summed E-state index contributed by atoms with van der Waals surface area (Å²) in [5.74, 6) is -0.0938. The van der Waals surface area contributed by atoms with Gasteiger partial charge in [0.2, 0.25) is 0 Å². The molecule has 0 aliphatic rings. The van der Waals surface area contributed by atoms with Gasteiger partial charge in [-0.05, 0) is 12.1 Å². The number of alkyl halides is 2. The van der Waals surface area contributed by atoms with Crippen LogP contribution in [0.2, 0.25) is 0 Å². The van der Waals surface area contributed by atoms with Gasteiger partial charge in [0, 0.05) is 6.07 Å². The zero-order valence-electron chi connectivity index (χ0n) is 6.71. The van der Waals surface area contributed by atoms with Crippen molar-refractivity contribution in [3.63, 3.8) is 0 Å². The van der Waals surface area contributed by atoms with Gasteiger partial charge < -0.3 is 9.15 Å². The average molecular weight is 203 g/mol. The third-order valence-corrected chi connectivity index (χ3v) is 1.56. The third kappa shape index (κ3) is 1.63. The predicted octanol–water partition coefficient (Wildman–Crippen LogP) is 2.57. The number of benzene rings is 1. The number of nitrogens with zero attached hydrogens (tertiary/aromatic N) is 1. The van der Waals surface area contributed by atoms with Crippen molar-refractivity contribution in [1.82, 2.24) is 4.98 Å². The first kappa shape index (κ1) is 8.86. The highest BCUT2D eigenvalue weighted by molar-refractivity contribution is 5.73. The summed E-state index contributed by atoms with van der Waals surface area (Å²) in [5, 5.41) is 0. The molecule has 0 radical (unpaired) electrons. The van der Waals surface area contributed by atoms with Gasteiger partial charge in [0.1, 0.15) is 11.3 Å². The van der Waals surface area contributed by atoms with Crippen LogP contribution >= 0.6 is 0 Å². The molecule has 0 bridgehead atoms. The highest BCUT2D eigenvalue weighted by Gasteiger charge is 2.08. The van der Waals surface area contributed by atoms with Crippen LogP contribution in [0.4, 0.5) is 13.2 Å². The molecule has 0 saturated heterocycles. The summed E-state index contributed by atoms with van der Waals surface area (Å²) < 4.78 is 44.6. The molecule has 0 N–H and O–H groups in total. The van der Waals surface area contributed by atoms with E-state index in [2.05, 4.69) is 14.1 Å². The average Bonchev–Trinajstić information content (AvgIpc) is 2.42. The number of hydrogen-bond donors (Lipinski definition) is 0. The lowest BCUT2D eigenvalue weighted by Gasteiger charge is -2.02. The summed E-state index contributed by atoms with van der Waals surface area (Å²) in [4.78, 5) is 3.36. The van der Waals surface area contributed by atoms with Crippen LogP contribution in [0.25, 0.3) is 11.1 Å². The molecular formula is C8H4F3NO2. The SMILES string of the molecule is Fc1nc2ccc(OC(F)F)cc2o1. The summed E-state index contributed by atoms with van der Waals surface area (Å²) >= 11 is 0. The lowest BCUT2D eigenvalue weighted by Crippen LogP contribution is -2.01. The minimum atomic E-state index is -2.92. The van der Waals surface area contributed by atoms with Gasteiger partial charge in [0.25, 0.3) is 0 Å². The molecule has 0 atom stereocenters. The minimum Gasteiger partial charge on any atom is -0.435 e. The fraction of sp³-hybridized carbons (Fsp3) is 0.125. The second-order valence-corrected chi connectivity index (χ2v) is 2.47. The Morgan fingerprint density at radius 3 is 2.86 bits per heavy atom. The molecule has 1 aromatic heterocycles. The van der Waals surface area contributed by atoms with Crippen molar-refractivity contribution < 1.29 is 22.3 Å². The predicted molar refractivity (Wildman–Crippen MR) is 40.6 cm³/mol. The van der Waals surface area contributed by atoms with Crippen molar-refractivity contribution in [3.05, 3.63) is 24.3 Å². The minimum absolute atomic E-state index is 0.0700. The van der Waals surface area contributed by atoms with Gasteiger partial charge in [0.15, 0.2) is 5.58 Å². The Labute approximate surface area is 76.1 Å². The molecule has 0 amide bonds. The van der Waals surface area contributed by atoms with E-state index in [9.17, 15) is 13.2 Å². The van der Waals surface area contributed by atoms with Gasteiger partial charge in [-0.1, -0.05) is 0 Å². The van der Waals surface area contributed by atoms with Crippen LogP contribution in [0, 0.1) is 6.14 Å². The molecule has 0 aliphatic heterocycles. The van der Waals surface area contributed by atoms with Crippen LogP contribution in [0.15, 0.2) is 22.6 Å². The number of ether oxygens (including phenoxy) is 1. The van der Waals surface area contributed by atoms with Crippen molar-refractivity contribution >= 4 is 11.1 Å². The molecule has 0 spiro atoms. The highest BCUT2D eigenvalue weighted by Crippen LogP contribution is 2.22. The summed E-state index contributed by atoms with van der Waals surface area (Å²) in [6.45, 7) is -2.92. The smallest absolute Gasteiger partial charge is 0.387 e. The Balaban J connectivity index is 2.40. The molecule has 1 heterocycles. The molecule has 2 rings (SSSR count). The lowest BCUT2D eigenvalue weighted by atomic mass is 10.3. The number of fused-ring (bicyclic) bond motifs is 1. The van der Waals surface area contributed by atoms with Gasteiger partial charge in [-0.3, -0.25) is 0 Å². The standard InChI is InChI=1S/C8H4F3NO2/c9-7(10)13-4-1-2-5-6(3-4)14-8(11)12-5/h1-3,7H. The number of aromatic nitrogens is 1. The maximum atomic E-state index is 12.4. The Hall–Kier alpha value is -1.72. The number of halogens is 3. The molecule has 2 aromatic rings. The molecule has 0 unspecified atom stereocenters. The largest absolute Gasteiger partial charge is 0.435 e. The fourth-order valence-corrected chi connectivity index (χ4v) is 1.05. The summed E-state index contributed by atoms with van der Waals surface area (Å²) in [7, 11) is 0. The van der Waals surface area contributed by atoms with Gasteiger partial charge in [-0.15, -0.1) is 4.39 Å². The van der Waals surface area contributed by atoms with Gasteiger partial charge >= 0.3 is 12.8 Å². The molecule has 0 fully saturated rings. The Kier molecular flexibility index (Phi) is 2.03. The normalized spacial score (nSPS) is 11.1. The van der Waals surface area contributed by atoms with Crippen LogP contribution in [0.5, 0.6) is 5.75 Å². The number of oxazole rings is 1. The molecule has 14 heavy (non-hydrogen) atoms. The molecule has 6 heteroatoms. The van der Waals surface area contributed by atoms with E-state index in [0.29, 0.717) is 0 Å². The van der Waals surface area contributed by atoms with Gasteiger partial charge in [-0.2, -0.15) is 13.8 Å². The highest BCUT2D eigenvalue weighted by atomic mass is 19.3. The fourth-order valence-electron chi connectivity index (χ4n) is 1.05. The van der Waals surface area contributed by atoms with E-state index in [0.717, 1.165) is 6.07 Å². The molecule has 3 nitrogen and oxygen atoms in total. The van der Waals surface area contributed by atoms with Crippen molar-refractivity contribution in [1.29, 1.82) is 0 Å². The number of rotatable bonds is 2. The molecule has 74 valence electrons. The zero-order valence-corrected chi connectivity index (χ0v) is 6.71. The third-order valence-electron chi connectivity index (χ3n) is 1.56. The first-order valence-electron chi connectivity index (χ1n) is 3.66. The molecule has 0 aliphatic carbocycles. The lowest BCUT2D eigenvalue weighted by molar-refractivity contribution is -0.0497. The Bertz CT molecular complexity index is 455. The molecule has 1 aromatic carbocycles. The maximum Gasteiger partial charge on any atom is 0.387 e. The van der Waals surface area contributed by atoms with Gasteiger partial charge in [-0.25, -0.2) is 0 Å². The van der Waals surface area contributed by atoms with Gasteiger partial charge in [0.05, 0.1) is 0 Å². The summed E-state index contributed by atoms with van der Waals surface area (Å²) in [6, 6.07) is 3.74. The van der Waals surface area contributed by atoms with Crippen LogP contribution < -0.4 is 4.74 Å². The van der Waals surface area contributed by atoms with Crippen molar-refractivity contribution in [2.45, 2.75) is 6.61 Å². The topological polar surface area (TPSA) is 35.3 Å². The monoisotopic (exact) mass is 203 g/mol. The van der Waals surface area contributed by atoms with Crippen molar-refractivity contribution in [2.75, 3.05) is 0 Å². The first-order chi connectivity index (χ1) is 6.65. The van der Waals surface area contributed by atoms with E-state index < -0.39 is 12.8 Å². The second kappa shape index (κ2) is 3.21. The number of hydrogen-bond acceptors (Lipinski definition) is 3. The van der Waals surface area contributed by atoms with E-state index in [1.807, 2.05) is 0 Å². The maximum absolute atomic E-state index is 12.4. The van der Waals surface area contributed by atoms with E-state index in [1.54, 1.807) is 0 Å².